The first-order valence-corrected chi connectivity index (χ1v) is 4.14. The zero-order valence-corrected chi connectivity index (χ0v) is 7.68. The zero-order chi connectivity index (χ0) is 9.42. The number of pyridine rings is 1. The molecule has 0 bridgehead atoms. The molecule has 1 N–H and O–H groups in total. The summed E-state index contributed by atoms with van der Waals surface area (Å²) in [5.74, 6) is 0. The molecule has 2 heterocycles. The van der Waals surface area contributed by atoms with Gasteiger partial charge in [-0.05, 0) is 12.5 Å². The summed E-state index contributed by atoms with van der Waals surface area (Å²) in [7, 11) is 0. The van der Waals surface area contributed by atoms with Crippen LogP contribution in [0.3, 0.4) is 0 Å². The van der Waals surface area contributed by atoms with E-state index in [9.17, 15) is 0 Å². The lowest BCUT2D eigenvalue weighted by molar-refractivity contribution is 1.31. The van der Waals surface area contributed by atoms with Crippen molar-refractivity contribution in [2.75, 3.05) is 0 Å². The molecule has 2 aromatic heterocycles. The van der Waals surface area contributed by atoms with Gasteiger partial charge in [-0.25, -0.2) is 4.98 Å². The summed E-state index contributed by atoms with van der Waals surface area (Å²) in [5, 5.41) is 10.0. The minimum absolute atomic E-state index is 0.414. The van der Waals surface area contributed by atoms with Gasteiger partial charge in [0.05, 0.1) is 10.6 Å². The number of H-pyrrole nitrogens is 1. The highest BCUT2D eigenvalue weighted by atomic mass is 35.5. The van der Waals surface area contributed by atoms with Crippen molar-refractivity contribution < 1.29 is 0 Å². The average molecular weight is 192 g/mol. The fourth-order valence-electron chi connectivity index (χ4n) is 1.28. The molecule has 4 heteroatoms. The molecule has 0 aliphatic heterocycles. The highest BCUT2D eigenvalue weighted by molar-refractivity contribution is 6.36. The lowest BCUT2D eigenvalue weighted by Crippen LogP contribution is -1.83. The number of aromatic nitrogens is 2. The van der Waals surface area contributed by atoms with Gasteiger partial charge in [0.15, 0.2) is 0 Å². The van der Waals surface area contributed by atoms with Crippen molar-refractivity contribution in [2.45, 2.75) is 6.92 Å². The van der Waals surface area contributed by atoms with Crippen molar-refractivity contribution in [3.8, 4) is 6.07 Å². The Labute approximate surface area is 80.0 Å². The average Bonchev–Trinajstić information content (AvgIpc) is 2.49. The lowest BCUT2D eigenvalue weighted by atomic mass is 10.2. The summed E-state index contributed by atoms with van der Waals surface area (Å²) < 4.78 is 0. The highest BCUT2D eigenvalue weighted by Gasteiger charge is 2.09. The van der Waals surface area contributed by atoms with E-state index in [1.807, 2.05) is 19.2 Å². The molecule has 0 amide bonds. The molecule has 0 atom stereocenters. The van der Waals surface area contributed by atoms with Crippen molar-refractivity contribution in [1.82, 2.24) is 9.97 Å². The molecule has 0 fully saturated rings. The normalized spacial score (nSPS) is 10.2. The maximum atomic E-state index is 8.72. The second-order valence-corrected chi connectivity index (χ2v) is 3.17. The Morgan fingerprint density at radius 3 is 3.08 bits per heavy atom. The fraction of sp³-hybridized carbons (Fsp3) is 0.111. The third-order valence-electron chi connectivity index (χ3n) is 1.96. The number of aromatic amines is 1. The van der Waals surface area contributed by atoms with Crippen LogP contribution in [-0.4, -0.2) is 9.97 Å². The number of fused-ring (bicyclic) bond motifs is 1. The zero-order valence-electron chi connectivity index (χ0n) is 6.93. The van der Waals surface area contributed by atoms with Crippen LogP contribution < -0.4 is 0 Å². The van der Waals surface area contributed by atoms with Gasteiger partial charge in [-0.1, -0.05) is 11.6 Å². The molecular weight excluding hydrogens is 186 g/mol. The number of halogens is 1. The quantitative estimate of drug-likeness (QED) is 0.695. The summed E-state index contributed by atoms with van der Waals surface area (Å²) >= 11 is 6.01. The van der Waals surface area contributed by atoms with E-state index in [0.29, 0.717) is 10.6 Å². The third kappa shape index (κ3) is 1.07. The molecule has 0 saturated heterocycles. The predicted octanol–water partition coefficient (Wildman–Crippen LogP) is 2.40. The molecule has 0 unspecified atom stereocenters. The predicted molar refractivity (Wildman–Crippen MR) is 50.6 cm³/mol. The molecule has 2 rings (SSSR count). The molecular formula is C9H6ClN3. The van der Waals surface area contributed by atoms with E-state index < -0.39 is 0 Å². The number of aryl methyl sites for hydroxylation is 1. The van der Waals surface area contributed by atoms with E-state index in [2.05, 4.69) is 9.97 Å². The molecule has 0 radical (unpaired) electrons. The van der Waals surface area contributed by atoms with E-state index in [1.165, 1.54) is 6.20 Å². The minimum atomic E-state index is 0.414. The highest BCUT2D eigenvalue weighted by Crippen LogP contribution is 2.27. The van der Waals surface area contributed by atoms with Gasteiger partial charge in [-0.2, -0.15) is 5.26 Å². The smallest absolute Gasteiger partial charge is 0.139 e. The second kappa shape index (κ2) is 2.75. The van der Waals surface area contributed by atoms with E-state index in [4.69, 9.17) is 16.9 Å². The summed E-state index contributed by atoms with van der Waals surface area (Å²) in [6.07, 6.45) is 3.30. The van der Waals surface area contributed by atoms with E-state index in [-0.39, 0.29) is 0 Å². The number of hydrogen-bond acceptors (Lipinski definition) is 2. The Bertz CT molecular complexity index is 507. The molecule has 2 aromatic rings. The number of hydrogen-bond donors (Lipinski definition) is 1. The lowest BCUT2D eigenvalue weighted by Gasteiger charge is -1.96. The molecule has 0 spiro atoms. The van der Waals surface area contributed by atoms with Crippen LogP contribution in [0.5, 0.6) is 0 Å². The Hall–Kier alpha value is -1.53. The van der Waals surface area contributed by atoms with Gasteiger partial charge in [-0.3, -0.25) is 0 Å². The van der Waals surface area contributed by atoms with Gasteiger partial charge >= 0.3 is 0 Å². The van der Waals surface area contributed by atoms with Crippen LogP contribution in [0.15, 0.2) is 12.4 Å². The molecule has 0 aromatic carbocycles. The Kier molecular flexibility index (Phi) is 1.71. The van der Waals surface area contributed by atoms with Crippen LogP contribution in [0.25, 0.3) is 11.0 Å². The molecule has 0 saturated carbocycles. The number of nitrogens with zero attached hydrogens (tertiary/aromatic N) is 2. The van der Waals surface area contributed by atoms with Gasteiger partial charge in [-0.15, -0.1) is 0 Å². The van der Waals surface area contributed by atoms with Gasteiger partial charge in [0, 0.05) is 17.8 Å². The van der Waals surface area contributed by atoms with Crippen molar-refractivity contribution in [3.63, 3.8) is 0 Å². The SMILES string of the molecule is Cc1c[nH]c2ncc(C#N)c(Cl)c12. The maximum absolute atomic E-state index is 8.72. The molecule has 3 nitrogen and oxygen atoms in total. The first kappa shape index (κ1) is 8.09. The number of nitriles is 1. The summed E-state index contributed by atoms with van der Waals surface area (Å²) in [5.41, 5.74) is 2.14. The van der Waals surface area contributed by atoms with Gasteiger partial charge in [0.1, 0.15) is 11.7 Å². The first-order chi connectivity index (χ1) is 6.24. The topological polar surface area (TPSA) is 52.5 Å². The summed E-state index contributed by atoms with van der Waals surface area (Å²) in [6.45, 7) is 1.92. The van der Waals surface area contributed by atoms with Crippen LogP contribution in [-0.2, 0) is 0 Å². The van der Waals surface area contributed by atoms with Crippen LogP contribution in [0, 0.1) is 18.3 Å². The maximum Gasteiger partial charge on any atom is 0.139 e. The van der Waals surface area contributed by atoms with Crippen LogP contribution >= 0.6 is 11.6 Å². The van der Waals surface area contributed by atoms with Crippen molar-refractivity contribution in [1.29, 1.82) is 5.26 Å². The number of rotatable bonds is 0. The Morgan fingerprint density at radius 2 is 2.38 bits per heavy atom. The van der Waals surface area contributed by atoms with Gasteiger partial charge in [0.25, 0.3) is 0 Å². The van der Waals surface area contributed by atoms with Crippen molar-refractivity contribution >= 4 is 22.6 Å². The third-order valence-corrected chi connectivity index (χ3v) is 2.35. The van der Waals surface area contributed by atoms with Crippen LogP contribution in [0.2, 0.25) is 5.02 Å². The summed E-state index contributed by atoms with van der Waals surface area (Å²) in [4.78, 5) is 7.05. The monoisotopic (exact) mass is 191 g/mol. The minimum Gasteiger partial charge on any atom is -0.346 e. The van der Waals surface area contributed by atoms with E-state index in [0.717, 1.165) is 16.6 Å². The largest absolute Gasteiger partial charge is 0.346 e. The molecule has 13 heavy (non-hydrogen) atoms. The van der Waals surface area contributed by atoms with Gasteiger partial charge in [0.2, 0.25) is 0 Å². The molecule has 64 valence electrons. The second-order valence-electron chi connectivity index (χ2n) is 2.79. The van der Waals surface area contributed by atoms with E-state index in [1.54, 1.807) is 0 Å². The summed E-state index contributed by atoms with van der Waals surface area (Å²) in [6, 6.07) is 2.00. The molecule has 0 aliphatic rings. The van der Waals surface area contributed by atoms with Crippen molar-refractivity contribution in [2.24, 2.45) is 0 Å². The van der Waals surface area contributed by atoms with Crippen LogP contribution in [0.1, 0.15) is 11.1 Å². The Morgan fingerprint density at radius 1 is 1.62 bits per heavy atom. The standard InChI is InChI=1S/C9H6ClN3/c1-5-3-12-9-7(5)8(10)6(2-11)4-13-9/h3-4H,1H3,(H,12,13). The number of nitrogens with one attached hydrogen (secondary N) is 1. The fourth-order valence-corrected chi connectivity index (χ4v) is 1.61. The Balaban J connectivity index is 2.93. The van der Waals surface area contributed by atoms with Gasteiger partial charge < -0.3 is 4.98 Å². The first-order valence-electron chi connectivity index (χ1n) is 3.76. The van der Waals surface area contributed by atoms with E-state index >= 15 is 0 Å². The van der Waals surface area contributed by atoms with Crippen molar-refractivity contribution in [3.05, 3.63) is 28.5 Å². The molecule has 0 aliphatic carbocycles. The van der Waals surface area contributed by atoms with Crippen LogP contribution in [0.4, 0.5) is 0 Å².